The minimum absolute atomic E-state index is 0.351. The zero-order valence-corrected chi connectivity index (χ0v) is 18.1. The van der Waals surface area contributed by atoms with Crippen LogP contribution in [0.25, 0.3) is 0 Å². The van der Waals surface area contributed by atoms with Crippen molar-refractivity contribution < 1.29 is 0 Å². The largest absolute Gasteiger partial charge is 0.330 e. The average molecular weight is 376 g/mol. The van der Waals surface area contributed by atoms with E-state index in [1.807, 2.05) is 0 Å². The Labute approximate surface area is 167 Å². The van der Waals surface area contributed by atoms with Crippen molar-refractivity contribution in [1.82, 2.24) is 0 Å². The third-order valence-electron chi connectivity index (χ3n) is 10.5. The van der Waals surface area contributed by atoms with Crippen molar-refractivity contribution in [3.63, 3.8) is 0 Å². The summed E-state index contributed by atoms with van der Waals surface area (Å²) in [6.45, 7) is 8.51. The Bertz CT molecular complexity index is 536. The first-order valence-corrected chi connectivity index (χ1v) is 12.0. The Morgan fingerprint density at radius 2 is 1.74 bits per heavy atom. The van der Waals surface area contributed by atoms with E-state index in [9.17, 15) is 0 Å². The maximum atomic E-state index is 7.08. The van der Waals surface area contributed by atoms with Crippen LogP contribution in [0.2, 0.25) is 0 Å². The van der Waals surface area contributed by atoms with Crippen LogP contribution in [0.5, 0.6) is 0 Å². The van der Waals surface area contributed by atoms with Gasteiger partial charge >= 0.3 is 0 Å². The highest BCUT2D eigenvalue weighted by atomic mass is 14.8. The van der Waals surface area contributed by atoms with Gasteiger partial charge in [0.05, 0.1) is 0 Å². The van der Waals surface area contributed by atoms with Gasteiger partial charge in [0.2, 0.25) is 0 Å². The molecule has 4 aliphatic carbocycles. The lowest BCUT2D eigenvalue weighted by molar-refractivity contribution is -0.124. The summed E-state index contributed by atoms with van der Waals surface area (Å²) in [4.78, 5) is 0. The average Bonchev–Trinajstić information content (AvgIpc) is 3.00. The van der Waals surface area contributed by atoms with Crippen LogP contribution in [0.1, 0.15) is 85.0 Å². The normalized spacial score (nSPS) is 53.3. The Balaban J connectivity index is 1.58. The van der Waals surface area contributed by atoms with E-state index < -0.39 is 0 Å². The Morgan fingerprint density at radius 3 is 2.48 bits per heavy atom. The van der Waals surface area contributed by atoms with Crippen molar-refractivity contribution in [2.24, 2.45) is 63.5 Å². The molecule has 4 saturated carbocycles. The van der Waals surface area contributed by atoms with Crippen LogP contribution < -0.4 is 17.2 Å². The second kappa shape index (κ2) is 7.29. The molecule has 10 atom stereocenters. The fourth-order valence-corrected chi connectivity index (χ4v) is 8.95. The summed E-state index contributed by atoms with van der Waals surface area (Å²) in [6.07, 6.45) is 13.2. The second-order valence-electron chi connectivity index (χ2n) is 11.5. The van der Waals surface area contributed by atoms with Gasteiger partial charge in [-0.25, -0.2) is 0 Å². The predicted molar refractivity (Wildman–Crippen MR) is 114 cm³/mol. The molecule has 0 bridgehead atoms. The first kappa shape index (κ1) is 20.2. The van der Waals surface area contributed by atoms with Crippen molar-refractivity contribution in [2.45, 2.75) is 97.1 Å². The molecule has 0 aromatic carbocycles. The molecule has 0 aliphatic heterocycles. The second-order valence-corrected chi connectivity index (χ2v) is 11.5. The monoisotopic (exact) mass is 375 g/mol. The van der Waals surface area contributed by atoms with Gasteiger partial charge in [-0.2, -0.15) is 0 Å². The Morgan fingerprint density at radius 1 is 0.963 bits per heavy atom. The maximum Gasteiger partial charge on any atom is 0.0101 e. The molecule has 4 fully saturated rings. The Hall–Kier alpha value is -0.120. The van der Waals surface area contributed by atoms with Gasteiger partial charge in [-0.05, 0) is 117 Å². The van der Waals surface area contributed by atoms with E-state index in [1.54, 1.807) is 0 Å². The van der Waals surface area contributed by atoms with Gasteiger partial charge in [0.15, 0.2) is 0 Å². The van der Waals surface area contributed by atoms with E-state index in [1.165, 1.54) is 64.2 Å². The fourth-order valence-electron chi connectivity index (χ4n) is 8.95. The number of rotatable bonds is 4. The van der Waals surface area contributed by atoms with Crippen LogP contribution in [-0.4, -0.2) is 18.6 Å². The van der Waals surface area contributed by atoms with Crippen molar-refractivity contribution in [3.05, 3.63) is 0 Å². The molecule has 0 heterocycles. The molecule has 27 heavy (non-hydrogen) atoms. The third-order valence-corrected chi connectivity index (χ3v) is 10.5. The van der Waals surface area contributed by atoms with Gasteiger partial charge < -0.3 is 17.2 Å². The zero-order chi connectivity index (χ0) is 19.4. The Kier molecular flexibility index (Phi) is 5.44. The molecular weight excluding hydrogens is 330 g/mol. The topological polar surface area (TPSA) is 78.1 Å². The van der Waals surface area contributed by atoms with Crippen LogP contribution in [0.3, 0.4) is 0 Å². The minimum Gasteiger partial charge on any atom is -0.330 e. The number of hydrogen-bond acceptors (Lipinski definition) is 3. The molecule has 0 unspecified atom stereocenters. The van der Waals surface area contributed by atoms with Crippen molar-refractivity contribution >= 4 is 0 Å². The molecule has 4 rings (SSSR count). The minimum atomic E-state index is 0.351. The molecular formula is C24H45N3. The van der Waals surface area contributed by atoms with Crippen LogP contribution in [0.4, 0.5) is 0 Å². The molecule has 4 aliphatic rings. The van der Waals surface area contributed by atoms with E-state index in [4.69, 9.17) is 17.2 Å². The van der Waals surface area contributed by atoms with Crippen LogP contribution in [0.15, 0.2) is 0 Å². The van der Waals surface area contributed by atoms with E-state index in [-0.39, 0.29) is 0 Å². The van der Waals surface area contributed by atoms with E-state index >= 15 is 0 Å². The lowest BCUT2D eigenvalue weighted by atomic mass is 9.43. The van der Waals surface area contributed by atoms with E-state index in [2.05, 4.69) is 20.8 Å². The van der Waals surface area contributed by atoms with Crippen LogP contribution in [-0.2, 0) is 0 Å². The lowest BCUT2D eigenvalue weighted by Gasteiger charge is -2.63. The molecule has 0 saturated heterocycles. The lowest BCUT2D eigenvalue weighted by Crippen LogP contribution is -2.61. The van der Waals surface area contributed by atoms with Gasteiger partial charge in [0.25, 0.3) is 0 Å². The third kappa shape index (κ3) is 3.02. The molecule has 156 valence electrons. The van der Waals surface area contributed by atoms with Crippen molar-refractivity contribution in [2.75, 3.05) is 6.54 Å². The van der Waals surface area contributed by atoms with Crippen molar-refractivity contribution in [3.8, 4) is 0 Å². The van der Waals surface area contributed by atoms with E-state index in [0.717, 1.165) is 42.1 Å². The predicted octanol–water partition coefficient (Wildman–Crippen LogP) is 4.28. The first-order chi connectivity index (χ1) is 12.8. The summed E-state index contributed by atoms with van der Waals surface area (Å²) in [6, 6.07) is 0.823. The SMILES string of the molecule is C[C@H](CCCN)[C@H]1CC[C@H]2[C@@H]3CC[C@@H]4C[C@@H](N)CC[C@]4(C)[C@H]3C[C@H](N)[C@]12C. The number of fused-ring (bicyclic) bond motifs is 5. The highest BCUT2D eigenvalue weighted by Gasteiger charge is 2.63. The van der Waals surface area contributed by atoms with Gasteiger partial charge in [0, 0.05) is 12.1 Å². The quantitative estimate of drug-likeness (QED) is 0.686. The van der Waals surface area contributed by atoms with Crippen molar-refractivity contribution in [1.29, 1.82) is 0 Å². The molecule has 6 N–H and O–H groups in total. The molecule has 3 nitrogen and oxygen atoms in total. The summed E-state index contributed by atoms with van der Waals surface area (Å²) < 4.78 is 0. The van der Waals surface area contributed by atoms with Gasteiger partial charge in [-0.15, -0.1) is 0 Å². The van der Waals surface area contributed by atoms with Gasteiger partial charge in [0.1, 0.15) is 0 Å². The summed E-state index contributed by atoms with van der Waals surface area (Å²) in [7, 11) is 0. The summed E-state index contributed by atoms with van der Waals surface area (Å²) in [5.41, 5.74) is 20.1. The van der Waals surface area contributed by atoms with Gasteiger partial charge in [-0.3, -0.25) is 0 Å². The molecule has 0 aromatic rings. The number of hydrogen-bond donors (Lipinski definition) is 3. The molecule has 0 spiro atoms. The molecule has 0 amide bonds. The fraction of sp³-hybridized carbons (Fsp3) is 1.00. The molecule has 3 heteroatoms. The first-order valence-electron chi connectivity index (χ1n) is 12.0. The zero-order valence-electron chi connectivity index (χ0n) is 18.1. The standard InChI is InChI=1S/C24H45N3/c1-15(5-4-12-25)19-8-9-20-18-7-6-16-13-17(26)10-11-23(16,2)21(18)14-22(27)24(19,20)3/h15-22H,4-14,25-27H2,1-3H3/t15-,16-,17+,18+,19-,20+,21+,22+,23+,24-/m1/s1. The summed E-state index contributed by atoms with van der Waals surface area (Å²) in [5.74, 6) is 5.03. The highest BCUT2D eigenvalue weighted by Crippen LogP contribution is 2.67. The smallest absolute Gasteiger partial charge is 0.0101 e. The maximum absolute atomic E-state index is 7.08. The summed E-state index contributed by atoms with van der Waals surface area (Å²) in [5, 5.41) is 0. The summed E-state index contributed by atoms with van der Waals surface area (Å²) >= 11 is 0. The molecule has 0 aromatic heterocycles. The van der Waals surface area contributed by atoms with Gasteiger partial charge in [-0.1, -0.05) is 20.8 Å². The van der Waals surface area contributed by atoms with Crippen LogP contribution in [0, 0.1) is 46.3 Å². The van der Waals surface area contributed by atoms with Crippen LogP contribution >= 0.6 is 0 Å². The number of nitrogens with two attached hydrogens (primary N) is 3. The highest BCUT2D eigenvalue weighted by molar-refractivity contribution is 5.13. The molecule has 0 radical (unpaired) electrons. The van der Waals surface area contributed by atoms with E-state index in [0.29, 0.717) is 22.9 Å².